The van der Waals surface area contributed by atoms with Crippen molar-refractivity contribution >= 4 is 38.9 Å². The third kappa shape index (κ3) is 3.17. The highest BCUT2D eigenvalue weighted by molar-refractivity contribution is 7.17. The van der Waals surface area contributed by atoms with Gasteiger partial charge in [0.1, 0.15) is 10.6 Å². The molecule has 0 atom stereocenters. The van der Waals surface area contributed by atoms with E-state index in [4.69, 9.17) is 4.74 Å². The lowest BCUT2D eigenvalue weighted by atomic mass is 10.1. The molecule has 1 amide bonds. The lowest BCUT2D eigenvalue weighted by Crippen LogP contribution is -2.26. The molecule has 1 aliphatic heterocycles. The molecule has 3 heterocycles. The maximum Gasteiger partial charge on any atom is 0.263 e. The summed E-state index contributed by atoms with van der Waals surface area (Å²) in [4.78, 5) is 42.5. The largest absolute Gasteiger partial charge is 0.482 e. The van der Waals surface area contributed by atoms with Crippen molar-refractivity contribution in [3.05, 3.63) is 76.2 Å². The Kier molecular flexibility index (Phi) is 4.40. The lowest BCUT2D eigenvalue weighted by Gasteiger charge is -2.18. The topological polar surface area (TPSA) is 90.3 Å². The molecular formula is C22H15N3O4S. The number of nitrogens with zero attached hydrogens (tertiary/aromatic N) is 2. The van der Waals surface area contributed by atoms with Crippen LogP contribution in [-0.4, -0.2) is 27.8 Å². The van der Waals surface area contributed by atoms with Crippen molar-refractivity contribution in [2.45, 2.75) is 6.54 Å². The fourth-order valence-corrected chi connectivity index (χ4v) is 4.32. The van der Waals surface area contributed by atoms with Gasteiger partial charge in [-0.1, -0.05) is 30.3 Å². The number of hydrogen-bond donors (Lipinski definition) is 1. The van der Waals surface area contributed by atoms with Crippen LogP contribution in [0.25, 0.3) is 21.3 Å². The van der Waals surface area contributed by atoms with Gasteiger partial charge in [0.25, 0.3) is 11.5 Å². The normalized spacial score (nSPS) is 12.9. The SMILES string of the molecule is O=C1COc2ccc(C(=O)Cn3cnc4scc(-c5ccccc5)c4c3=O)cc2N1. The number of benzene rings is 2. The van der Waals surface area contributed by atoms with E-state index in [1.807, 2.05) is 35.7 Å². The third-order valence-corrected chi connectivity index (χ3v) is 5.78. The fourth-order valence-electron chi connectivity index (χ4n) is 3.41. The number of rotatable bonds is 4. The van der Waals surface area contributed by atoms with Crippen molar-refractivity contribution in [1.82, 2.24) is 9.55 Å². The summed E-state index contributed by atoms with van der Waals surface area (Å²) in [6.45, 7) is -0.203. The van der Waals surface area contributed by atoms with E-state index in [9.17, 15) is 14.4 Å². The molecule has 4 aromatic rings. The highest BCUT2D eigenvalue weighted by atomic mass is 32.1. The first kappa shape index (κ1) is 18.3. The predicted molar refractivity (Wildman–Crippen MR) is 114 cm³/mol. The van der Waals surface area contributed by atoms with E-state index < -0.39 is 0 Å². The van der Waals surface area contributed by atoms with Gasteiger partial charge in [0.15, 0.2) is 12.4 Å². The number of carbonyl (C=O) groups excluding carboxylic acids is 2. The molecule has 8 heteroatoms. The summed E-state index contributed by atoms with van der Waals surface area (Å²) >= 11 is 1.40. The number of ether oxygens (including phenoxy) is 1. The highest BCUT2D eigenvalue weighted by Gasteiger charge is 2.19. The van der Waals surface area contributed by atoms with E-state index in [0.717, 1.165) is 11.1 Å². The van der Waals surface area contributed by atoms with E-state index in [1.54, 1.807) is 18.2 Å². The molecule has 7 nitrogen and oxygen atoms in total. The predicted octanol–water partition coefficient (Wildman–Crippen LogP) is 3.34. The van der Waals surface area contributed by atoms with Crippen LogP contribution in [0.2, 0.25) is 0 Å². The molecule has 0 unspecified atom stereocenters. The van der Waals surface area contributed by atoms with E-state index in [-0.39, 0.29) is 30.4 Å². The van der Waals surface area contributed by atoms with Crippen molar-refractivity contribution in [2.24, 2.45) is 0 Å². The zero-order valence-corrected chi connectivity index (χ0v) is 16.4. The number of hydrogen-bond acceptors (Lipinski definition) is 6. The van der Waals surface area contributed by atoms with Gasteiger partial charge in [0.2, 0.25) is 0 Å². The number of nitrogens with one attached hydrogen (secondary N) is 1. The molecule has 0 spiro atoms. The maximum absolute atomic E-state index is 13.1. The minimum atomic E-state index is -0.274. The minimum absolute atomic E-state index is 0.0498. The van der Waals surface area contributed by atoms with Crippen LogP contribution >= 0.6 is 11.3 Å². The summed E-state index contributed by atoms with van der Waals surface area (Å²) in [5, 5.41) is 5.10. The van der Waals surface area contributed by atoms with Crippen LogP contribution in [0.15, 0.2) is 65.0 Å². The van der Waals surface area contributed by atoms with Gasteiger partial charge in [-0.15, -0.1) is 11.3 Å². The van der Waals surface area contributed by atoms with Gasteiger partial charge in [-0.05, 0) is 23.8 Å². The number of thiophene rings is 1. The number of aromatic nitrogens is 2. The third-order valence-electron chi connectivity index (χ3n) is 4.89. The van der Waals surface area contributed by atoms with Gasteiger partial charge in [-0.2, -0.15) is 0 Å². The van der Waals surface area contributed by atoms with Gasteiger partial charge < -0.3 is 10.1 Å². The molecule has 30 heavy (non-hydrogen) atoms. The number of carbonyl (C=O) groups is 2. The average Bonchev–Trinajstić information content (AvgIpc) is 3.20. The van der Waals surface area contributed by atoms with Gasteiger partial charge in [-0.25, -0.2) is 4.98 Å². The zero-order valence-electron chi connectivity index (χ0n) is 15.6. The molecule has 1 aliphatic rings. The molecule has 0 aliphatic carbocycles. The van der Waals surface area contributed by atoms with E-state index in [0.29, 0.717) is 27.2 Å². The summed E-state index contributed by atoms with van der Waals surface area (Å²) in [7, 11) is 0. The van der Waals surface area contributed by atoms with Gasteiger partial charge in [0.05, 0.1) is 23.9 Å². The van der Waals surface area contributed by atoms with Crippen LogP contribution in [0.4, 0.5) is 5.69 Å². The monoisotopic (exact) mass is 417 g/mol. The van der Waals surface area contributed by atoms with Crippen molar-refractivity contribution in [3.8, 4) is 16.9 Å². The fraction of sp³-hybridized carbons (Fsp3) is 0.0909. The Bertz CT molecular complexity index is 1360. The molecule has 0 fully saturated rings. The van der Waals surface area contributed by atoms with Crippen LogP contribution in [-0.2, 0) is 11.3 Å². The Hall–Kier alpha value is -3.78. The zero-order chi connectivity index (χ0) is 20.7. The van der Waals surface area contributed by atoms with Crippen LogP contribution in [0, 0.1) is 0 Å². The second-order valence-corrected chi connectivity index (χ2v) is 7.70. The first-order valence-corrected chi connectivity index (χ1v) is 10.1. The molecular weight excluding hydrogens is 402 g/mol. The second-order valence-electron chi connectivity index (χ2n) is 6.84. The molecule has 0 saturated heterocycles. The van der Waals surface area contributed by atoms with Crippen molar-refractivity contribution in [2.75, 3.05) is 11.9 Å². The Morgan fingerprint density at radius 2 is 2.00 bits per heavy atom. The smallest absolute Gasteiger partial charge is 0.263 e. The average molecular weight is 417 g/mol. The van der Waals surface area contributed by atoms with Crippen molar-refractivity contribution in [1.29, 1.82) is 0 Å². The number of amides is 1. The number of Topliss-reactive ketones (excluding diaryl/α,β-unsaturated/α-hetero) is 1. The molecule has 148 valence electrons. The lowest BCUT2D eigenvalue weighted by molar-refractivity contribution is -0.118. The quantitative estimate of drug-likeness (QED) is 0.515. The molecule has 2 aromatic heterocycles. The van der Waals surface area contributed by atoms with Crippen LogP contribution in [0.3, 0.4) is 0 Å². The summed E-state index contributed by atoms with van der Waals surface area (Å²) in [5.41, 5.74) is 2.30. The first-order valence-electron chi connectivity index (χ1n) is 9.22. The summed E-state index contributed by atoms with van der Waals surface area (Å²) in [6.07, 6.45) is 1.40. The number of anilines is 1. The highest BCUT2D eigenvalue weighted by Crippen LogP contribution is 2.31. The second kappa shape index (κ2) is 7.23. The van der Waals surface area contributed by atoms with Crippen LogP contribution in [0.1, 0.15) is 10.4 Å². The molecule has 5 rings (SSSR count). The van der Waals surface area contributed by atoms with Crippen molar-refractivity contribution < 1.29 is 14.3 Å². The molecule has 0 bridgehead atoms. The number of ketones is 1. The Morgan fingerprint density at radius 3 is 2.83 bits per heavy atom. The first-order chi connectivity index (χ1) is 14.6. The summed E-state index contributed by atoms with van der Waals surface area (Å²) in [5.74, 6) is -0.0292. The molecule has 2 aromatic carbocycles. The Labute approximate surface area is 174 Å². The summed E-state index contributed by atoms with van der Waals surface area (Å²) < 4.78 is 6.63. The maximum atomic E-state index is 13.1. The molecule has 0 saturated carbocycles. The molecule has 1 N–H and O–H groups in total. The van der Waals surface area contributed by atoms with E-state index in [2.05, 4.69) is 10.3 Å². The van der Waals surface area contributed by atoms with E-state index in [1.165, 1.54) is 22.2 Å². The van der Waals surface area contributed by atoms with Gasteiger partial charge in [-0.3, -0.25) is 19.0 Å². The van der Waals surface area contributed by atoms with Crippen LogP contribution < -0.4 is 15.6 Å². The van der Waals surface area contributed by atoms with Crippen LogP contribution in [0.5, 0.6) is 5.75 Å². The van der Waals surface area contributed by atoms with Crippen molar-refractivity contribution in [3.63, 3.8) is 0 Å². The standard InChI is InChI=1S/C22H15N3O4S/c26-17(14-6-7-18-16(8-14)24-19(27)10-29-18)9-25-12-23-21-20(22(25)28)15(11-30-21)13-4-2-1-3-5-13/h1-8,11-12H,9-10H2,(H,24,27). The molecule has 0 radical (unpaired) electrons. The summed E-state index contributed by atoms with van der Waals surface area (Å²) in [6, 6.07) is 14.4. The van der Waals surface area contributed by atoms with Gasteiger partial charge >= 0.3 is 0 Å². The minimum Gasteiger partial charge on any atom is -0.482 e. The Morgan fingerprint density at radius 1 is 1.17 bits per heavy atom. The Balaban J connectivity index is 1.49. The van der Waals surface area contributed by atoms with E-state index >= 15 is 0 Å². The van der Waals surface area contributed by atoms with Gasteiger partial charge in [0, 0.05) is 16.5 Å². The number of fused-ring (bicyclic) bond motifs is 2.